The van der Waals surface area contributed by atoms with Gasteiger partial charge >= 0.3 is 5.97 Å². The molecule has 92 valence electrons. The molecule has 2 unspecified atom stereocenters. The van der Waals surface area contributed by atoms with Crippen molar-refractivity contribution in [2.24, 2.45) is 11.8 Å². The lowest BCUT2D eigenvalue weighted by atomic mass is 10.1. The van der Waals surface area contributed by atoms with Crippen molar-refractivity contribution in [1.82, 2.24) is 0 Å². The van der Waals surface area contributed by atoms with Crippen LogP contribution < -0.4 is 4.90 Å². The molecule has 2 amide bonds. The zero-order chi connectivity index (χ0) is 13.0. The number of hydrogen-bond donors (Lipinski definition) is 1. The summed E-state index contributed by atoms with van der Waals surface area (Å²) in [5.41, 5.74) is -0.426. The van der Waals surface area contributed by atoms with Crippen LogP contribution in [0.3, 0.4) is 0 Å². The van der Waals surface area contributed by atoms with E-state index in [9.17, 15) is 18.8 Å². The zero-order valence-electron chi connectivity index (χ0n) is 9.09. The van der Waals surface area contributed by atoms with Crippen LogP contribution in [0.2, 0.25) is 0 Å². The molecule has 1 aromatic rings. The van der Waals surface area contributed by atoms with E-state index in [0.717, 1.165) is 23.1 Å². The number of nitrogens with zero attached hydrogens (tertiary/aromatic N) is 1. The molecular weight excluding hydrogens is 241 g/mol. The fourth-order valence-corrected chi connectivity index (χ4v) is 2.24. The third-order valence-corrected chi connectivity index (χ3v) is 3.30. The van der Waals surface area contributed by atoms with Gasteiger partial charge in [-0.15, -0.1) is 0 Å². The van der Waals surface area contributed by atoms with Crippen LogP contribution in [-0.2, 0) is 9.59 Å². The number of anilines is 1. The van der Waals surface area contributed by atoms with Crippen molar-refractivity contribution in [3.63, 3.8) is 0 Å². The molecule has 6 heteroatoms. The smallest absolute Gasteiger partial charge is 0.335 e. The van der Waals surface area contributed by atoms with E-state index in [1.165, 1.54) is 0 Å². The molecule has 5 nitrogen and oxygen atoms in total. The van der Waals surface area contributed by atoms with Crippen LogP contribution in [-0.4, -0.2) is 22.9 Å². The monoisotopic (exact) mass is 249 g/mol. The van der Waals surface area contributed by atoms with Crippen LogP contribution in [0.1, 0.15) is 16.8 Å². The quantitative estimate of drug-likeness (QED) is 0.794. The Hall–Kier alpha value is -2.24. The number of amides is 2. The second-order valence-corrected chi connectivity index (χ2v) is 4.43. The second kappa shape index (κ2) is 3.38. The number of piperidine rings is 1. The van der Waals surface area contributed by atoms with Gasteiger partial charge in [0.15, 0.2) is 0 Å². The van der Waals surface area contributed by atoms with Gasteiger partial charge in [0, 0.05) is 0 Å². The molecule has 2 aliphatic rings. The summed E-state index contributed by atoms with van der Waals surface area (Å²) in [4.78, 5) is 35.1. The molecule has 1 aromatic carbocycles. The van der Waals surface area contributed by atoms with Crippen molar-refractivity contribution < 1.29 is 23.9 Å². The third-order valence-electron chi connectivity index (χ3n) is 3.30. The third kappa shape index (κ3) is 1.35. The Morgan fingerprint density at radius 3 is 2.44 bits per heavy atom. The van der Waals surface area contributed by atoms with Gasteiger partial charge in [-0.05, 0) is 24.6 Å². The molecular formula is C12H8FNO4. The number of carbonyl (C=O) groups excluding carboxylic acids is 2. The molecule has 0 aromatic heterocycles. The van der Waals surface area contributed by atoms with Crippen molar-refractivity contribution in [2.75, 3.05) is 4.90 Å². The van der Waals surface area contributed by atoms with Gasteiger partial charge in [-0.3, -0.25) is 9.59 Å². The van der Waals surface area contributed by atoms with Crippen LogP contribution >= 0.6 is 0 Å². The van der Waals surface area contributed by atoms with Gasteiger partial charge in [-0.1, -0.05) is 0 Å². The lowest BCUT2D eigenvalue weighted by Crippen LogP contribution is -2.33. The first kappa shape index (κ1) is 10.9. The van der Waals surface area contributed by atoms with Crippen LogP contribution in [0.4, 0.5) is 10.1 Å². The summed E-state index contributed by atoms with van der Waals surface area (Å²) in [5.74, 6) is -3.57. The molecule has 1 heterocycles. The molecule has 0 spiro atoms. The Balaban J connectivity index is 2.06. The SMILES string of the molecule is O=C(O)c1ccc(F)c(N2C(=O)C3CC3C2=O)c1. The first-order valence-corrected chi connectivity index (χ1v) is 5.41. The highest BCUT2D eigenvalue weighted by Gasteiger charge is 2.59. The molecule has 1 saturated carbocycles. The summed E-state index contributed by atoms with van der Waals surface area (Å²) in [5, 5.41) is 8.82. The second-order valence-electron chi connectivity index (χ2n) is 4.43. The van der Waals surface area contributed by atoms with Gasteiger partial charge in [-0.2, -0.15) is 0 Å². The highest BCUT2D eigenvalue weighted by Crippen LogP contribution is 2.48. The van der Waals surface area contributed by atoms with Crippen molar-refractivity contribution in [2.45, 2.75) is 6.42 Å². The Morgan fingerprint density at radius 1 is 1.28 bits per heavy atom. The number of imide groups is 1. The molecule has 0 bridgehead atoms. The van der Waals surface area contributed by atoms with Gasteiger partial charge in [0.25, 0.3) is 0 Å². The minimum atomic E-state index is -1.24. The van der Waals surface area contributed by atoms with E-state index in [-0.39, 0.29) is 23.1 Å². The number of fused-ring (bicyclic) bond motifs is 1. The maximum absolute atomic E-state index is 13.6. The summed E-state index contributed by atoms with van der Waals surface area (Å²) in [7, 11) is 0. The summed E-state index contributed by atoms with van der Waals surface area (Å²) < 4.78 is 13.6. The average Bonchev–Trinajstić information content (AvgIpc) is 3.06. The van der Waals surface area contributed by atoms with E-state index in [2.05, 4.69) is 0 Å². The minimum Gasteiger partial charge on any atom is -0.478 e. The summed E-state index contributed by atoms with van der Waals surface area (Å²) in [6.45, 7) is 0. The molecule has 2 fully saturated rings. The molecule has 18 heavy (non-hydrogen) atoms. The normalized spacial score (nSPS) is 25.3. The van der Waals surface area contributed by atoms with E-state index in [1.807, 2.05) is 0 Å². The molecule has 1 saturated heterocycles. The number of rotatable bonds is 2. The Morgan fingerprint density at radius 2 is 1.89 bits per heavy atom. The summed E-state index contributed by atoms with van der Waals surface area (Å²) in [6, 6.07) is 3.05. The average molecular weight is 249 g/mol. The van der Waals surface area contributed by atoms with E-state index < -0.39 is 23.6 Å². The Labute approximate surface area is 101 Å². The molecule has 0 radical (unpaired) electrons. The number of halogens is 1. The molecule has 1 N–H and O–H groups in total. The summed E-state index contributed by atoms with van der Waals surface area (Å²) >= 11 is 0. The first-order valence-electron chi connectivity index (χ1n) is 5.41. The fourth-order valence-electron chi connectivity index (χ4n) is 2.24. The van der Waals surface area contributed by atoms with Gasteiger partial charge in [0.2, 0.25) is 11.8 Å². The lowest BCUT2D eigenvalue weighted by molar-refractivity contribution is -0.123. The predicted molar refractivity (Wildman–Crippen MR) is 57.4 cm³/mol. The summed E-state index contributed by atoms with van der Waals surface area (Å²) in [6.07, 6.45) is 0.522. The van der Waals surface area contributed by atoms with Crippen molar-refractivity contribution in [3.05, 3.63) is 29.6 Å². The van der Waals surface area contributed by atoms with Crippen molar-refractivity contribution in [1.29, 1.82) is 0 Å². The number of carboxylic acids is 1. The van der Waals surface area contributed by atoms with Gasteiger partial charge < -0.3 is 5.11 Å². The van der Waals surface area contributed by atoms with E-state index in [0.29, 0.717) is 6.42 Å². The van der Waals surface area contributed by atoms with E-state index >= 15 is 0 Å². The standard InChI is InChI=1S/C12H8FNO4/c13-8-2-1-5(12(17)18)3-9(8)14-10(15)6-4-7(6)11(14)16/h1-3,6-7H,4H2,(H,17,18). The molecule has 1 aliphatic carbocycles. The fraction of sp³-hybridized carbons (Fsp3) is 0.250. The highest BCUT2D eigenvalue weighted by molar-refractivity contribution is 6.25. The maximum atomic E-state index is 13.6. The molecule has 2 atom stereocenters. The highest BCUT2D eigenvalue weighted by atomic mass is 19.1. The van der Waals surface area contributed by atoms with E-state index in [1.54, 1.807) is 0 Å². The van der Waals surface area contributed by atoms with Crippen LogP contribution in [0, 0.1) is 17.7 Å². The number of hydrogen-bond acceptors (Lipinski definition) is 3. The van der Waals surface area contributed by atoms with Crippen LogP contribution in [0.15, 0.2) is 18.2 Å². The maximum Gasteiger partial charge on any atom is 0.335 e. The number of carbonyl (C=O) groups is 3. The number of aromatic carboxylic acids is 1. The number of carboxylic acid groups (broad SMARTS) is 1. The Bertz CT molecular complexity index is 578. The first-order chi connectivity index (χ1) is 8.50. The van der Waals surface area contributed by atoms with Gasteiger partial charge in [0.1, 0.15) is 5.82 Å². The van der Waals surface area contributed by atoms with Crippen molar-refractivity contribution in [3.8, 4) is 0 Å². The topological polar surface area (TPSA) is 74.7 Å². The molecule has 1 aliphatic heterocycles. The zero-order valence-corrected chi connectivity index (χ0v) is 9.09. The van der Waals surface area contributed by atoms with Gasteiger partial charge in [0.05, 0.1) is 23.1 Å². The Kier molecular flexibility index (Phi) is 2.04. The lowest BCUT2D eigenvalue weighted by Gasteiger charge is -2.17. The van der Waals surface area contributed by atoms with Crippen molar-refractivity contribution >= 4 is 23.5 Å². The number of benzene rings is 1. The predicted octanol–water partition coefficient (Wildman–Crippen LogP) is 1.03. The van der Waals surface area contributed by atoms with Crippen LogP contribution in [0.5, 0.6) is 0 Å². The largest absolute Gasteiger partial charge is 0.478 e. The van der Waals surface area contributed by atoms with Gasteiger partial charge in [-0.25, -0.2) is 14.1 Å². The molecule has 3 rings (SSSR count). The van der Waals surface area contributed by atoms with Crippen LogP contribution in [0.25, 0.3) is 0 Å². The van der Waals surface area contributed by atoms with E-state index in [4.69, 9.17) is 5.11 Å². The minimum absolute atomic E-state index is 0.160.